The first-order chi connectivity index (χ1) is 5.10. The van der Waals surface area contributed by atoms with Crippen molar-refractivity contribution in [2.45, 2.75) is 55.3 Å². The normalized spacial score (nSPS) is 16.6. The molecular formula is C9H23O2Ta. The third-order valence-electron chi connectivity index (χ3n) is 1.14. The predicted octanol–water partition coefficient (Wildman–Crippen LogP) is 3.50. The van der Waals surface area contributed by atoms with Crippen molar-refractivity contribution >= 4 is 0 Å². The Labute approximate surface area is 78.6 Å². The molecule has 0 aliphatic carbocycles. The third-order valence-corrected chi connectivity index (χ3v) is 9.33. The number of hydrogen-bond donors (Lipinski definition) is 0. The first-order valence-electron chi connectivity index (χ1n) is 4.49. The van der Waals surface area contributed by atoms with E-state index in [0.29, 0.717) is 0 Å². The third kappa shape index (κ3) is 6.21. The summed E-state index contributed by atoms with van der Waals surface area (Å²) in [6, 6.07) is 0. The van der Waals surface area contributed by atoms with E-state index in [0.717, 1.165) is 0 Å². The molecule has 0 spiro atoms. The molecule has 0 rings (SSSR count). The van der Waals surface area contributed by atoms with Gasteiger partial charge in [-0.2, -0.15) is 0 Å². The second-order valence-electron chi connectivity index (χ2n) is 4.82. The van der Waals surface area contributed by atoms with Gasteiger partial charge < -0.3 is 0 Å². The topological polar surface area (TPSA) is 18.5 Å². The molecule has 76 valence electrons. The van der Waals surface area contributed by atoms with Gasteiger partial charge in [-0.15, -0.1) is 0 Å². The minimum absolute atomic E-state index is 0.274. The van der Waals surface area contributed by atoms with E-state index in [-0.39, 0.29) is 12.2 Å². The van der Waals surface area contributed by atoms with Crippen molar-refractivity contribution in [2.24, 2.45) is 0 Å². The molecule has 0 aromatic carbocycles. The molecule has 0 aliphatic rings. The molecule has 12 heavy (non-hydrogen) atoms. The van der Waals surface area contributed by atoms with Crippen LogP contribution < -0.4 is 0 Å². The summed E-state index contributed by atoms with van der Waals surface area (Å²) in [5.41, 5.74) is 0. The van der Waals surface area contributed by atoms with E-state index in [1.54, 1.807) is 0 Å². The quantitative estimate of drug-likeness (QED) is 0.777. The molecule has 0 aromatic rings. The SMILES string of the molecule is CC(C)[O][Ta]([CH3])([CH3])([CH3])[O]C(C)C. The molecule has 0 saturated carbocycles. The van der Waals surface area contributed by atoms with E-state index in [4.69, 9.17) is 6.49 Å². The summed E-state index contributed by atoms with van der Waals surface area (Å²) in [6.07, 6.45) is 0.549. The molecule has 0 fully saturated rings. The van der Waals surface area contributed by atoms with Crippen LogP contribution in [-0.4, -0.2) is 12.2 Å². The first-order valence-corrected chi connectivity index (χ1v) is 16.8. The minimum atomic E-state index is -3.20. The molecule has 3 heteroatoms. The molecule has 0 unspecified atom stereocenters. The van der Waals surface area contributed by atoms with Gasteiger partial charge in [-0.05, 0) is 0 Å². The average molecular weight is 344 g/mol. The van der Waals surface area contributed by atoms with Gasteiger partial charge in [0.15, 0.2) is 0 Å². The summed E-state index contributed by atoms with van der Waals surface area (Å²) in [7, 11) is 0. The van der Waals surface area contributed by atoms with Gasteiger partial charge in [0.05, 0.1) is 0 Å². The Kier molecular flexibility index (Phi) is 4.01. The van der Waals surface area contributed by atoms with Gasteiger partial charge in [0.25, 0.3) is 0 Å². The van der Waals surface area contributed by atoms with Crippen molar-refractivity contribution in [3.8, 4) is 0 Å². The molecule has 0 radical (unpaired) electrons. The van der Waals surface area contributed by atoms with Crippen molar-refractivity contribution in [3.63, 3.8) is 0 Å². The zero-order valence-electron chi connectivity index (χ0n) is 9.42. The van der Waals surface area contributed by atoms with Gasteiger partial charge in [-0.1, -0.05) is 0 Å². The van der Waals surface area contributed by atoms with Gasteiger partial charge in [-0.3, -0.25) is 0 Å². The Bertz CT molecular complexity index is 130. The fourth-order valence-electron chi connectivity index (χ4n) is 1.46. The van der Waals surface area contributed by atoms with Gasteiger partial charge >= 0.3 is 78.4 Å². The molecule has 0 bridgehead atoms. The van der Waals surface area contributed by atoms with Crippen LogP contribution in [0.1, 0.15) is 27.7 Å². The molecule has 0 saturated heterocycles. The second-order valence-corrected chi connectivity index (χ2v) is 24.4. The van der Waals surface area contributed by atoms with E-state index in [9.17, 15) is 0 Å². The summed E-state index contributed by atoms with van der Waals surface area (Å²) < 4.78 is 11.9. The Morgan fingerprint density at radius 1 is 0.750 bits per heavy atom. The van der Waals surface area contributed by atoms with Crippen LogP contribution in [0.5, 0.6) is 0 Å². The van der Waals surface area contributed by atoms with Crippen molar-refractivity contribution in [1.82, 2.24) is 0 Å². The Balaban J connectivity index is 4.28. The maximum absolute atomic E-state index is 5.93. The van der Waals surface area contributed by atoms with Crippen LogP contribution in [-0.2, 0) is 23.1 Å². The van der Waals surface area contributed by atoms with E-state index >= 15 is 0 Å². The standard InChI is InChI=1S/2C3H7O.3CH3.Ta/c2*1-3(2)4;;;;/h2*3H,1-2H3;3*1H3;/q2*-1;;;;+2. The molecule has 2 nitrogen and oxygen atoms in total. The van der Waals surface area contributed by atoms with E-state index in [1.165, 1.54) is 0 Å². The molecule has 0 aromatic heterocycles. The zero-order chi connectivity index (χ0) is 10.0. The van der Waals surface area contributed by atoms with Gasteiger partial charge in [0, 0.05) is 0 Å². The van der Waals surface area contributed by atoms with E-state index in [1.807, 2.05) is 0 Å². The van der Waals surface area contributed by atoms with Gasteiger partial charge in [-0.25, -0.2) is 0 Å². The molecule has 0 aliphatic heterocycles. The van der Waals surface area contributed by atoms with E-state index in [2.05, 4.69) is 43.1 Å². The molecule has 0 atom stereocenters. The summed E-state index contributed by atoms with van der Waals surface area (Å²) >= 11 is -3.20. The number of hydrogen-bond acceptors (Lipinski definition) is 2. The van der Waals surface area contributed by atoms with Crippen LogP contribution in [0.4, 0.5) is 0 Å². The van der Waals surface area contributed by atoms with Crippen LogP contribution in [0.2, 0.25) is 15.4 Å². The van der Waals surface area contributed by atoms with Crippen LogP contribution in [0, 0.1) is 0 Å². The van der Waals surface area contributed by atoms with E-state index < -0.39 is 16.6 Å². The zero-order valence-corrected chi connectivity index (χ0v) is 12.6. The second kappa shape index (κ2) is 3.81. The van der Waals surface area contributed by atoms with Crippen molar-refractivity contribution in [2.75, 3.05) is 0 Å². The number of rotatable bonds is 4. The summed E-state index contributed by atoms with van der Waals surface area (Å²) in [6.45, 7) is 8.26. The van der Waals surface area contributed by atoms with Crippen LogP contribution in [0.15, 0.2) is 0 Å². The van der Waals surface area contributed by atoms with Crippen molar-refractivity contribution < 1.29 is 23.1 Å². The summed E-state index contributed by atoms with van der Waals surface area (Å²) in [5.74, 6) is 0. The van der Waals surface area contributed by atoms with Crippen LogP contribution >= 0.6 is 0 Å². The van der Waals surface area contributed by atoms with Gasteiger partial charge in [0.1, 0.15) is 0 Å². The molecule has 0 amide bonds. The van der Waals surface area contributed by atoms with Crippen LogP contribution in [0.25, 0.3) is 0 Å². The summed E-state index contributed by atoms with van der Waals surface area (Å²) in [4.78, 5) is 0. The molecule has 0 heterocycles. The Morgan fingerprint density at radius 3 is 1.17 bits per heavy atom. The Morgan fingerprint density at radius 2 is 1.00 bits per heavy atom. The molecular weight excluding hydrogens is 321 g/mol. The average Bonchev–Trinajstić information content (AvgIpc) is 1.49. The van der Waals surface area contributed by atoms with Crippen LogP contribution in [0.3, 0.4) is 0 Å². The monoisotopic (exact) mass is 344 g/mol. The summed E-state index contributed by atoms with van der Waals surface area (Å²) in [5, 5.41) is 6.52. The fourth-order valence-corrected chi connectivity index (χ4v) is 12.0. The Hall–Kier alpha value is 0.660. The van der Waals surface area contributed by atoms with Crippen molar-refractivity contribution in [1.29, 1.82) is 0 Å². The van der Waals surface area contributed by atoms with Gasteiger partial charge in [0.2, 0.25) is 0 Å². The first kappa shape index (κ1) is 12.7. The predicted molar refractivity (Wildman–Crippen MR) is 50.0 cm³/mol. The molecule has 0 N–H and O–H groups in total. The van der Waals surface area contributed by atoms with Crippen molar-refractivity contribution in [3.05, 3.63) is 0 Å². The maximum atomic E-state index is 5.93. The fraction of sp³-hybridized carbons (Fsp3) is 1.00.